The van der Waals surface area contributed by atoms with Gasteiger partial charge < -0.3 is 19.5 Å². The van der Waals surface area contributed by atoms with Gasteiger partial charge in [0.25, 0.3) is 0 Å². The molecule has 0 aliphatic carbocycles. The molecule has 5 nitrogen and oxygen atoms in total. The predicted octanol–water partition coefficient (Wildman–Crippen LogP) is 1.79. The van der Waals surface area contributed by atoms with E-state index in [1.165, 1.54) is 0 Å². The molecule has 0 heterocycles. The van der Waals surface area contributed by atoms with E-state index in [9.17, 15) is 4.79 Å². The summed E-state index contributed by atoms with van der Waals surface area (Å²) in [5.41, 5.74) is 0.921. The molecule has 0 atom stereocenters. The van der Waals surface area contributed by atoms with Gasteiger partial charge in [0.1, 0.15) is 11.5 Å². The van der Waals surface area contributed by atoms with Crippen molar-refractivity contribution in [1.29, 1.82) is 0 Å². The lowest BCUT2D eigenvalue weighted by atomic mass is 10.1. The highest BCUT2D eigenvalue weighted by Crippen LogP contribution is 2.29. The van der Waals surface area contributed by atoms with Crippen molar-refractivity contribution >= 4 is 5.91 Å². The summed E-state index contributed by atoms with van der Waals surface area (Å²) in [4.78, 5) is 11.7. The second-order valence-electron chi connectivity index (χ2n) is 4.34. The summed E-state index contributed by atoms with van der Waals surface area (Å²) in [6.45, 7) is 1.29. The second kappa shape index (κ2) is 9.20. The maximum absolute atomic E-state index is 11.7. The van der Waals surface area contributed by atoms with Crippen LogP contribution in [0, 0.1) is 0 Å². The first kappa shape index (κ1) is 16.3. The Balaban J connectivity index is 2.50. The van der Waals surface area contributed by atoms with Crippen LogP contribution in [0.4, 0.5) is 0 Å². The maximum atomic E-state index is 11.7. The van der Waals surface area contributed by atoms with Crippen LogP contribution in [-0.4, -0.2) is 40.4 Å². The summed E-state index contributed by atoms with van der Waals surface area (Å²) in [5.74, 6) is 1.52. The summed E-state index contributed by atoms with van der Waals surface area (Å²) in [7, 11) is 4.88. The Kier molecular flexibility index (Phi) is 7.50. The fraction of sp³-hybridized carbons (Fsp3) is 0.533. The first-order valence-electron chi connectivity index (χ1n) is 6.68. The van der Waals surface area contributed by atoms with Gasteiger partial charge in [0, 0.05) is 32.2 Å². The Hall–Kier alpha value is -1.75. The van der Waals surface area contributed by atoms with Gasteiger partial charge in [-0.05, 0) is 25.0 Å². The van der Waals surface area contributed by atoms with E-state index < -0.39 is 0 Å². The van der Waals surface area contributed by atoms with E-state index in [-0.39, 0.29) is 5.91 Å². The summed E-state index contributed by atoms with van der Waals surface area (Å²) >= 11 is 0. The van der Waals surface area contributed by atoms with Gasteiger partial charge in [0.15, 0.2) is 0 Å². The highest BCUT2D eigenvalue weighted by molar-refractivity contribution is 5.76. The SMILES string of the molecule is COCCCNC(=O)CCc1c(OC)cccc1OC. The van der Waals surface area contributed by atoms with Crippen LogP contribution >= 0.6 is 0 Å². The summed E-state index contributed by atoms with van der Waals surface area (Å²) in [6, 6.07) is 5.61. The van der Waals surface area contributed by atoms with E-state index in [2.05, 4.69) is 5.32 Å². The molecule has 0 spiro atoms. The van der Waals surface area contributed by atoms with E-state index in [0.29, 0.717) is 26.0 Å². The molecule has 0 fully saturated rings. The van der Waals surface area contributed by atoms with Gasteiger partial charge in [-0.3, -0.25) is 4.79 Å². The van der Waals surface area contributed by atoms with Crippen molar-refractivity contribution in [2.24, 2.45) is 0 Å². The quantitative estimate of drug-likeness (QED) is 0.701. The molecule has 0 saturated carbocycles. The highest BCUT2D eigenvalue weighted by atomic mass is 16.5. The first-order chi connectivity index (χ1) is 9.72. The Bertz CT molecular complexity index is 398. The zero-order valence-electron chi connectivity index (χ0n) is 12.4. The van der Waals surface area contributed by atoms with Gasteiger partial charge in [-0.15, -0.1) is 0 Å². The molecule has 1 rings (SSSR count). The maximum Gasteiger partial charge on any atom is 0.220 e. The minimum atomic E-state index is 0.0223. The minimum Gasteiger partial charge on any atom is -0.496 e. The smallest absolute Gasteiger partial charge is 0.220 e. The number of amides is 1. The molecule has 0 aliphatic heterocycles. The van der Waals surface area contributed by atoms with Crippen LogP contribution in [0.3, 0.4) is 0 Å². The van der Waals surface area contributed by atoms with Gasteiger partial charge in [-0.2, -0.15) is 0 Å². The second-order valence-corrected chi connectivity index (χ2v) is 4.34. The molecule has 20 heavy (non-hydrogen) atoms. The highest BCUT2D eigenvalue weighted by Gasteiger charge is 2.11. The molecule has 1 aromatic carbocycles. The number of ether oxygens (including phenoxy) is 3. The number of carbonyl (C=O) groups is 1. The lowest BCUT2D eigenvalue weighted by Crippen LogP contribution is -2.25. The third kappa shape index (κ3) is 5.09. The average Bonchev–Trinajstić information content (AvgIpc) is 2.49. The Morgan fingerprint density at radius 3 is 2.35 bits per heavy atom. The van der Waals surface area contributed by atoms with Crippen molar-refractivity contribution in [2.45, 2.75) is 19.3 Å². The topological polar surface area (TPSA) is 56.8 Å². The summed E-state index contributed by atoms with van der Waals surface area (Å²) in [5, 5.41) is 2.86. The summed E-state index contributed by atoms with van der Waals surface area (Å²) < 4.78 is 15.5. The van der Waals surface area contributed by atoms with Crippen molar-refractivity contribution in [3.63, 3.8) is 0 Å². The number of benzene rings is 1. The number of rotatable bonds is 9. The number of hydrogen-bond acceptors (Lipinski definition) is 4. The molecule has 0 aromatic heterocycles. The van der Waals surface area contributed by atoms with E-state index >= 15 is 0 Å². The summed E-state index contributed by atoms with van der Waals surface area (Å²) in [6.07, 6.45) is 1.81. The average molecular weight is 281 g/mol. The van der Waals surface area contributed by atoms with E-state index in [1.807, 2.05) is 18.2 Å². The first-order valence-corrected chi connectivity index (χ1v) is 6.68. The number of nitrogens with one attached hydrogen (secondary N) is 1. The molecule has 5 heteroatoms. The Labute approximate surface area is 120 Å². The molecule has 112 valence electrons. The van der Waals surface area contributed by atoms with E-state index in [4.69, 9.17) is 14.2 Å². The van der Waals surface area contributed by atoms with Gasteiger partial charge in [0.05, 0.1) is 14.2 Å². The van der Waals surface area contributed by atoms with Crippen molar-refractivity contribution < 1.29 is 19.0 Å². The fourth-order valence-corrected chi connectivity index (χ4v) is 1.95. The molecule has 0 unspecified atom stereocenters. The third-order valence-corrected chi connectivity index (χ3v) is 2.98. The Morgan fingerprint density at radius 1 is 1.15 bits per heavy atom. The lowest BCUT2D eigenvalue weighted by Gasteiger charge is -2.12. The Morgan fingerprint density at radius 2 is 1.80 bits per heavy atom. The van der Waals surface area contributed by atoms with Crippen LogP contribution in [0.15, 0.2) is 18.2 Å². The van der Waals surface area contributed by atoms with Crippen LogP contribution in [-0.2, 0) is 16.0 Å². The van der Waals surface area contributed by atoms with Crippen molar-refractivity contribution in [1.82, 2.24) is 5.32 Å². The largest absolute Gasteiger partial charge is 0.496 e. The standard InChI is InChI=1S/C15H23NO4/c1-18-11-5-10-16-15(17)9-8-12-13(19-2)6-4-7-14(12)20-3/h4,6-7H,5,8-11H2,1-3H3,(H,16,17). The van der Waals surface area contributed by atoms with E-state index in [0.717, 1.165) is 23.5 Å². The van der Waals surface area contributed by atoms with Crippen molar-refractivity contribution in [2.75, 3.05) is 34.5 Å². The van der Waals surface area contributed by atoms with Crippen LogP contribution < -0.4 is 14.8 Å². The molecule has 1 aromatic rings. The molecule has 0 radical (unpaired) electrons. The normalized spacial score (nSPS) is 10.2. The lowest BCUT2D eigenvalue weighted by molar-refractivity contribution is -0.121. The minimum absolute atomic E-state index is 0.0223. The monoisotopic (exact) mass is 281 g/mol. The van der Waals surface area contributed by atoms with Gasteiger partial charge in [0.2, 0.25) is 5.91 Å². The number of hydrogen-bond donors (Lipinski definition) is 1. The third-order valence-electron chi connectivity index (χ3n) is 2.98. The van der Waals surface area contributed by atoms with Gasteiger partial charge in [-0.1, -0.05) is 6.07 Å². The zero-order chi connectivity index (χ0) is 14.8. The fourth-order valence-electron chi connectivity index (χ4n) is 1.95. The molecular weight excluding hydrogens is 258 g/mol. The molecule has 0 bridgehead atoms. The predicted molar refractivity (Wildman–Crippen MR) is 77.4 cm³/mol. The molecular formula is C15H23NO4. The van der Waals surface area contributed by atoms with Crippen LogP contribution in [0.5, 0.6) is 11.5 Å². The van der Waals surface area contributed by atoms with Crippen LogP contribution in [0.25, 0.3) is 0 Å². The van der Waals surface area contributed by atoms with Gasteiger partial charge >= 0.3 is 0 Å². The van der Waals surface area contributed by atoms with Gasteiger partial charge in [-0.25, -0.2) is 0 Å². The molecule has 0 saturated heterocycles. The molecule has 1 amide bonds. The zero-order valence-corrected chi connectivity index (χ0v) is 12.4. The number of methoxy groups -OCH3 is 3. The van der Waals surface area contributed by atoms with Crippen molar-refractivity contribution in [3.8, 4) is 11.5 Å². The van der Waals surface area contributed by atoms with Crippen molar-refractivity contribution in [3.05, 3.63) is 23.8 Å². The molecule has 1 N–H and O–H groups in total. The van der Waals surface area contributed by atoms with Crippen LogP contribution in [0.1, 0.15) is 18.4 Å². The molecule has 0 aliphatic rings. The number of carbonyl (C=O) groups excluding carboxylic acids is 1. The van der Waals surface area contributed by atoms with E-state index in [1.54, 1.807) is 21.3 Å². The van der Waals surface area contributed by atoms with Crippen LogP contribution in [0.2, 0.25) is 0 Å².